The Bertz CT molecular complexity index is 1300. The molecular weight excluding hydrogens is 442 g/mol. The summed E-state index contributed by atoms with van der Waals surface area (Å²) >= 11 is 12.1. The highest BCUT2D eigenvalue weighted by Gasteiger charge is 2.34. The predicted octanol–water partition coefficient (Wildman–Crippen LogP) is 7.19. The number of carboxylic acid groups (broad SMARTS) is 1. The molecule has 0 aliphatic rings. The molecule has 0 saturated heterocycles. The van der Waals surface area contributed by atoms with Crippen LogP contribution >= 0.6 is 23.2 Å². The van der Waals surface area contributed by atoms with Crippen molar-refractivity contribution in [3.8, 4) is 22.8 Å². The number of alkyl halides is 3. The van der Waals surface area contributed by atoms with E-state index in [2.05, 4.69) is 4.98 Å². The fourth-order valence-corrected chi connectivity index (χ4v) is 3.59. The Morgan fingerprint density at radius 2 is 1.73 bits per heavy atom. The van der Waals surface area contributed by atoms with Crippen LogP contribution in [0.25, 0.3) is 33.7 Å². The van der Waals surface area contributed by atoms with Crippen LogP contribution in [0.1, 0.15) is 15.9 Å². The number of carboxylic acids is 1. The maximum absolute atomic E-state index is 13.5. The van der Waals surface area contributed by atoms with Crippen LogP contribution in [0.4, 0.5) is 13.2 Å². The Morgan fingerprint density at radius 3 is 2.40 bits per heavy atom. The van der Waals surface area contributed by atoms with Crippen molar-refractivity contribution in [3.05, 3.63) is 75.8 Å². The van der Waals surface area contributed by atoms with E-state index >= 15 is 0 Å². The van der Waals surface area contributed by atoms with Crippen LogP contribution in [-0.4, -0.2) is 16.1 Å². The second kappa shape index (κ2) is 7.34. The number of hydrogen-bond acceptors (Lipinski definition) is 3. The molecule has 0 aliphatic carbocycles. The maximum Gasteiger partial charge on any atom is 0.418 e. The Morgan fingerprint density at radius 1 is 1.00 bits per heavy atom. The van der Waals surface area contributed by atoms with Gasteiger partial charge >= 0.3 is 12.1 Å². The summed E-state index contributed by atoms with van der Waals surface area (Å²) in [5, 5.41) is 10.2. The highest BCUT2D eigenvalue weighted by molar-refractivity contribution is 6.36. The van der Waals surface area contributed by atoms with E-state index in [9.17, 15) is 23.1 Å². The number of aromatic nitrogens is 1. The lowest BCUT2D eigenvalue weighted by Crippen LogP contribution is -2.09. The summed E-state index contributed by atoms with van der Waals surface area (Å²) < 4.78 is 46.1. The summed E-state index contributed by atoms with van der Waals surface area (Å²) in [7, 11) is 0. The standard InChI is InChI=1S/C21H10Cl2F3NO3/c22-10-4-5-12(15(23)8-10)17-6-7-18(30-17)16-9-13(20(28)29)11-2-1-3-14(19(11)27-16)21(24,25)26/h1-9H,(H,28,29). The van der Waals surface area contributed by atoms with Gasteiger partial charge in [0.05, 0.1) is 21.7 Å². The molecule has 0 amide bonds. The minimum Gasteiger partial charge on any atom is -0.478 e. The SMILES string of the molecule is O=C(O)c1cc(-c2ccc(-c3ccc(Cl)cc3Cl)o2)nc2c(C(F)(F)F)cccc12. The fourth-order valence-electron chi connectivity index (χ4n) is 3.09. The van der Waals surface area contributed by atoms with Crippen molar-refractivity contribution in [2.45, 2.75) is 6.18 Å². The number of furan rings is 1. The van der Waals surface area contributed by atoms with Gasteiger partial charge in [-0.2, -0.15) is 13.2 Å². The van der Waals surface area contributed by atoms with Gasteiger partial charge in [0.2, 0.25) is 0 Å². The average Bonchev–Trinajstić information content (AvgIpc) is 3.15. The zero-order chi connectivity index (χ0) is 21.6. The Hall–Kier alpha value is -3.03. The molecule has 4 aromatic rings. The molecule has 2 aromatic heterocycles. The van der Waals surface area contributed by atoms with Crippen molar-refractivity contribution in [3.63, 3.8) is 0 Å². The van der Waals surface area contributed by atoms with E-state index in [1.807, 2.05) is 0 Å². The van der Waals surface area contributed by atoms with Crippen LogP contribution in [-0.2, 0) is 6.18 Å². The number of benzene rings is 2. The first kappa shape index (κ1) is 20.3. The molecule has 30 heavy (non-hydrogen) atoms. The van der Waals surface area contributed by atoms with Gasteiger partial charge in [0, 0.05) is 16.0 Å². The van der Waals surface area contributed by atoms with Gasteiger partial charge in [-0.15, -0.1) is 0 Å². The molecule has 9 heteroatoms. The number of carbonyl (C=O) groups is 1. The molecule has 0 radical (unpaired) electrons. The number of pyridine rings is 1. The van der Waals surface area contributed by atoms with Crippen LogP contribution in [0.5, 0.6) is 0 Å². The quantitative estimate of drug-likeness (QED) is 0.358. The third-order valence-corrected chi connectivity index (χ3v) is 4.98. The molecule has 0 aliphatic heterocycles. The second-order valence-corrected chi connectivity index (χ2v) is 7.19. The van der Waals surface area contributed by atoms with Gasteiger partial charge in [-0.3, -0.25) is 0 Å². The molecule has 4 rings (SSSR count). The molecule has 4 nitrogen and oxygen atoms in total. The first-order valence-corrected chi connectivity index (χ1v) is 9.20. The van der Waals surface area contributed by atoms with E-state index < -0.39 is 23.2 Å². The van der Waals surface area contributed by atoms with E-state index in [0.717, 1.165) is 12.1 Å². The van der Waals surface area contributed by atoms with Gasteiger partial charge in [-0.1, -0.05) is 35.3 Å². The molecule has 0 spiro atoms. The van der Waals surface area contributed by atoms with Crippen LogP contribution in [0.3, 0.4) is 0 Å². The maximum atomic E-state index is 13.5. The molecule has 2 heterocycles. The number of hydrogen-bond donors (Lipinski definition) is 1. The number of para-hydroxylation sites is 1. The van der Waals surface area contributed by atoms with E-state index in [0.29, 0.717) is 21.4 Å². The van der Waals surface area contributed by atoms with Crippen LogP contribution in [0.2, 0.25) is 10.0 Å². The third kappa shape index (κ3) is 3.62. The summed E-state index contributed by atoms with van der Waals surface area (Å²) in [5.74, 6) is -0.956. The van der Waals surface area contributed by atoms with Crippen molar-refractivity contribution < 1.29 is 27.5 Å². The number of fused-ring (bicyclic) bond motifs is 1. The average molecular weight is 452 g/mol. The minimum atomic E-state index is -4.70. The highest BCUT2D eigenvalue weighted by atomic mass is 35.5. The molecule has 0 saturated carbocycles. The normalized spacial score (nSPS) is 11.8. The number of aromatic carboxylic acids is 1. The Kier molecular flexibility index (Phi) is 4.95. The summed E-state index contributed by atoms with van der Waals surface area (Å²) in [6, 6.07) is 12.3. The first-order chi connectivity index (χ1) is 14.1. The summed E-state index contributed by atoms with van der Waals surface area (Å²) in [5.41, 5.74) is -1.35. The van der Waals surface area contributed by atoms with Gasteiger partial charge in [0.1, 0.15) is 11.5 Å². The number of halogens is 5. The van der Waals surface area contributed by atoms with Crippen molar-refractivity contribution in [1.29, 1.82) is 0 Å². The van der Waals surface area contributed by atoms with E-state index in [1.54, 1.807) is 18.2 Å². The van der Waals surface area contributed by atoms with Gasteiger partial charge in [-0.05, 0) is 42.5 Å². The summed E-state index contributed by atoms with van der Waals surface area (Å²) in [6.45, 7) is 0. The van der Waals surface area contributed by atoms with Crippen LogP contribution in [0.15, 0.2) is 59.0 Å². The number of rotatable bonds is 3. The third-order valence-electron chi connectivity index (χ3n) is 4.43. The Balaban J connectivity index is 1.91. The van der Waals surface area contributed by atoms with Gasteiger partial charge in [0.25, 0.3) is 0 Å². The lowest BCUT2D eigenvalue weighted by Gasteiger charge is -2.12. The largest absolute Gasteiger partial charge is 0.478 e. The topological polar surface area (TPSA) is 63.3 Å². The number of nitrogens with zero attached hydrogens (tertiary/aromatic N) is 1. The van der Waals surface area contributed by atoms with Gasteiger partial charge in [-0.25, -0.2) is 9.78 Å². The monoisotopic (exact) mass is 451 g/mol. The van der Waals surface area contributed by atoms with Crippen LogP contribution < -0.4 is 0 Å². The van der Waals surface area contributed by atoms with Crippen molar-refractivity contribution in [2.24, 2.45) is 0 Å². The lowest BCUT2D eigenvalue weighted by atomic mass is 10.0. The highest BCUT2D eigenvalue weighted by Crippen LogP contribution is 2.38. The van der Waals surface area contributed by atoms with E-state index in [1.165, 1.54) is 24.3 Å². The van der Waals surface area contributed by atoms with Gasteiger partial charge in [0.15, 0.2) is 5.76 Å². The molecule has 152 valence electrons. The molecule has 1 N–H and O–H groups in total. The van der Waals surface area contributed by atoms with Gasteiger partial charge < -0.3 is 9.52 Å². The summed E-state index contributed by atoms with van der Waals surface area (Å²) in [4.78, 5) is 15.8. The van der Waals surface area contributed by atoms with E-state index in [-0.39, 0.29) is 22.4 Å². The molecule has 2 aromatic carbocycles. The predicted molar refractivity (Wildman–Crippen MR) is 107 cm³/mol. The minimum absolute atomic E-state index is 0.0482. The molecule has 0 bridgehead atoms. The molecule has 0 unspecified atom stereocenters. The van der Waals surface area contributed by atoms with Crippen molar-refractivity contribution in [1.82, 2.24) is 4.98 Å². The zero-order valence-electron chi connectivity index (χ0n) is 14.8. The fraction of sp³-hybridized carbons (Fsp3) is 0.0476. The van der Waals surface area contributed by atoms with Crippen molar-refractivity contribution in [2.75, 3.05) is 0 Å². The molecule has 0 fully saturated rings. The smallest absolute Gasteiger partial charge is 0.418 e. The molecular formula is C21H10Cl2F3NO3. The lowest BCUT2D eigenvalue weighted by molar-refractivity contribution is -0.136. The van der Waals surface area contributed by atoms with Crippen LogP contribution in [0, 0.1) is 0 Å². The van der Waals surface area contributed by atoms with Crippen molar-refractivity contribution >= 4 is 40.1 Å². The second-order valence-electron chi connectivity index (χ2n) is 6.35. The first-order valence-electron chi connectivity index (χ1n) is 8.45. The Labute approximate surface area is 177 Å². The zero-order valence-corrected chi connectivity index (χ0v) is 16.3. The van der Waals surface area contributed by atoms with E-state index in [4.69, 9.17) is 27.6 Å². The molecule has 0 atom stereocenters. The summed E-state index contributed by atoms with van der Waals surface area (Å²) in [6.07, 6.45) is -4.70.